The van der Waals surface area contributed by atoms with Gasteiger partial charge in [-0.25, -0.2) is 4.99 Å². The molecule has 0 aliphatic carbocycles. The van der Waals surface area contributed by atoms with Crippen LogP contribution < -0.4 is 29.7 Å². The molecule has 0 bridgehead atoms. The molecule has 3 aromatic carbocycles. The molecule has 7 nitrogen and oxygen atoms in total. The van der Waals surface area contributed by atoms with Crippen molar-refractivity contribution < 1.29 is 14.3 Å². The van der Waals surface area contributed by atoms with Gasteiger partial charge in [0.15, 0.2) is 4.80 Å². The lowest BCUT2D eigenvalue weighted by molar-refractivity contribution is -0.113. The second-order valence-electron chi connectivity index (χ2n) is 9.15. The number of nitrogens with one attached hydrogen (secondary N) is 1. The number of carbonyl (C=O) groups is 1. The lowest BCUT2D eigenvalue weighted by Gasteiger charge is -2.25. The molecule has 1 amide bonds. The van der Waals surface area contributed by atoms with Crippen LogP contribution in [0, 0.1) is 7.14 Å². The standard InChI is InChI=1S/C31H27I2N3O4S/c1-4-39-22-13-11-20(12-14-22)27-26(29(37)35-21-9-7-6-8-10-21)18(3)34-31-36(27)30(38)25(41-31)17-19-15-23(32)28(40-5-2)24(33)16-19/h6-17,27H,4-5H2,1-3H3,(H,35,37)/b25-17-/t27-/m1/s1. The van der Waals surface area contributed by atoms with Crippen LogP contribution in [0.2, 0.25) is 0 Å². The second kappa shape index (κ2) is 12.9. The minimum absolute atomic E-state index is 0.205. The molecule has 0 unspecified atom stereocenters. The van der Waals surface area contributed by atoms with Crippen LogP contribution >= 0.6 is 56.5 Å². The second-order valence-corrected chi connectivity index (χ2v) is 12.5. The quantitative estimate of drug-likeness (QED) is 0.226. The molecule has 1 aliphatic rings. The third-order valence-electron chi connectivity index (χ3n) is 6.41. The fourth-order valence-electron chi connectivity index (χ4n) is 4.66. The van der Waals surface area contributed by atoms with Gasteiger partial charge in [0.25, 0.3) is 11.5 Å². The van der Waals surface area contributed by atoms with Crippen molar-refractivity contribution in [3.63, 3.8) is 0 Å². The number of rotatable bonds is 8. The SMILES string of the molecule is CCOc1ccc([C@@H]2C(C(=O)Nc3ccccc3)=C(C)N=c3s/c(=C\c4cc(I)c(OCC)c(I)c4)c(=O)n32)cc1. The van der Waals surface area contributed by atoms with Crippen LogP contribution in [0.4, 0.5) is 5.69 Å². The van der Waals surface area contributed by atoms with Gasteiger partial charge in [-0.15, -0.1) is 0 Å². The summed E-state index contributed by atoms with van der Waals surface area (Å²) in [6.07, 6.45) is 1.88. The summed E-state index contributed by atoms with van der Waals surface area (Å²) in [5.41, 5.74) is 3.13. The summed E-state index contributed by atoms with van der Waals surface area (Å²) in [7, 11) is 0. The highest BCUT2D eigenvalue weighted by Gasteiger charge is 2.32. The zero-order valence-corrected chi connectivity index (χ0v) is 27.7. The Morgan fingerprint density at radius 3 is 2.32 bits per heavy atom. The number of allylic oxidation sites excluding steroid dienone is 1. The first kappa shape index (κ1) is 29.5. The maximum absolute atomic E-state index is 14.0. The van der Waals surface area contributed by atoms with E-state index in [0.29, 0.717) is 39.5 Å². The molecule has 0 saturated heterocycles. The van der Waals surface area contributed by atoms with E-state index < -0.39 is 6.04 Å². The predicted octanol–water partition coefficient (Wildman–Crippen LogP) is 5.88. The Morgan fingerprint density at radius 1 is 1.02 bits per heavy atom. The van der Waals surface area contributed by atoms with Gasteiger partial charge in [0.2, 0.25) is 0 Å². The van der Waals surface area contributed by atoms with E-state index in [2.05, 4.69) is 50.5 Å². The minimum atomic E-state index is -0.659. The molecule has 0 fully saturated rings. The van der Waals surface area contributed by atoms with Gasteiger partial charge in [-0.1, -0.05) is 41.7 Å². The normalized spacial score (nSPS) is 14.9. The molecular weight excluding hydrogens is 764 g/mol. The van der Waals surface area contributed by atoms with Crippen LogP contribution in [0.25, 0.3) is 6.08 Å². The van der Waals surface area contributed by atoms with Gasteiger partial charge < -0.3 is 14.8 Å². The van der Waals surface area contributed by atoms with Gasteiger partial charge >= 0.3 is 0 Å². The topological polar surface area (TPSA) is 81.9 Å². The van der Waals surface area contributed by atoms with Gasteiger partial charge in [-0.2, -0.15) is 0 Å². The summed E-state index contributed by atoms with van der Waals surface area (Å²) >= 11 is 5.82. The molecule has 1 aliphatic heterocycles. The van der Waals surface area contributed by atoms with E-state index >= 15 is 0 Å². The first-order valence-electron chi connectivity index (χ1n) is 13.0. The molecule has 2 heterocycles. The number of aromatic nitrogens is 1. The fraction of sp³-hybridized carbons (Fsp3) is 0.194. The number of fused-ring (bicyclic) bond motifs is 1. The molecule has 1 atom stereocenters. The average Bonchev–Trinajstić information content (AvgIpc) is 3.25. The molecule has 210 valence electrons. The number of hydrogen-bond acceptors (Lipinski definition) is 6. The van der Waals surface area contributed by atoms with Crippen molar-refractivity contribution in [2.75, 3.05) is 18.5 Å². The lowest BCUT2D eigenvalue weighted by Crippen LogP contribution is -2.40. The van der Waals surface area contributed by atoms with Gasteiger partial charge in [0.05, 0.1) is 42.2 Å². The Labute approximate surface area is 268 Å². The Hall–Kier alpha value is -2.97. The lowest BCUT2D eigenvalue weighted by atomic mass is 9.95. The van der Waals surface area contributed by atoms with Crippen LogP contribution in [0.15, 0.2) is 87.8 Å². The maximum atomic E-state index is 14.0. The molecule has 0 saturated carbocycles. The monoisotopic (exact) mass is 791 g/mol. The van der Waals surface area contributed by atoms with Crippen LogP contribution in [0.5, 0.6) is 11.5 Å². The molecule has 0 spiro atoms. The molecule has 5 rings (SSSR count). The van der Waals surface area contributed by atoms with Crippen molar-refractivity contribution in [1.82, 2.24) is 4.57 Å². The summed E-state index contributed by atoms with van der Waals surface area (Å²) in [6, 6.07) is 20.1. The van der Waals surface area contributed by atoms with Crippen LogP contribution in [0.1, 0.15) is 37.9 Å². The number of ether oxygens (including phenoxy) is 2. The summed E-state index contributed by atoms with van der Waals surface area (Å²) in [5.74, 6) is 1.26. The minimum Gasteiger partial charge on any atom is -0.494 e. The smallest absolute Gasteiger partial charge is 0.271 e. The van der Waals surface area contributed by atoms with Crippen molar-refractivity contribution in [3.05, 3.63) is 116 Å². The van der Waals surface area contributed by atoms with Crippen molar-refractivity contribution in [2.24, 2.45) is 4.99 Å². The van der Waals surface area contributed by atoms with Gasteiger partial charge in [0.1, 0.15) is 11.5 Å². The zero-order chi connectivity index (χ0) is 29.1. The number of benzene rings is 3. The van der Waals surface area contributed by atoms with Gasteiger partial charge in [-0.3, -0.25) is 14.2 Å². The molecule has 1 aromatic heterocycles. The van der Waals surface area contributed by atoms with Crippen LogP contribution in [0.3, 0.4) is 0 Å². The van der Waals surface area contributed by atoms with Crippen molar-refractivity contribution in [3.8, 4) is 11.5 Å². The summed E-state index contributed by atoms with van der Waals surface area (Å²) in [6.45, 7) is 6.82. The molecular formula is C31H27I2N3O4S. The van der Waals surface area contributed by atoms with Crippen molar-refractivity contribution in [1.29, 1.82) is 0 Å². The first-order valence-corrected chi connectivity index (χ1v) is 16.0. The van der Waals surface area contributed by atoms with Crippen molar-refractivity contribution >= 4 is 74.2 Å². The Kier molecular flexibility index (Phi) is 9.29. The first-order chi connectivity index (χ1) is 19.8. The van der Waals surface area contributed by atoms with E-state index in [1.165, 1.54) is 11.3 Å². The molecule has 41 heavy (non-hydrogen) atoms. The number of nitrogens with zero attached hydrogens (tertiary/aromatic N) is 2. The largest absolute Gasteiger partial charge is 0.494 e. The summed E-state index contributed by atoms with van der Waals surface area (Å²) < 4.78 is 15.5. The predicted molar refractivity (Wildman–Crippen MR) is 179 cm³/mol. The van der Waals surface area contributed by atoms with E-state index in [4.69, 9.17) is 14.5 Å². The number of anilines is 1. The Morgan fingerprint density at radius 2 is 1.68 bits per heavy atom. The number of halogens is 2. The highest BCUT2D eigenvalue weighted by atomic mass is 127. The van der Waals surface area contributed by atoms with E-state index in [9.17, 15) is 9.59 Å². The third kappa shape index (κ3) is 6.28. The molecule has 10 heteroatoms. The average molecular weight is 791 g/mol. The number of amides is 1. The Bertz CT molecular complexity index is 1790. The maximum Gasteiger partial charge on any atom is 0.271 e. The molecule has 4 aromatic rings. The van der Waals surface area contributed by atoms with E-state index in [1.54, 1.807) is 4.57 Å². The van der Waals surface area contributed by atoms with E-state index in [0.717, 1.165) is 29.8 Å². The van der Waals surface area contributed by atoms with Crippen LogP contribution in [-0.4, -0.2) is 23.7 Å². The van der Waals surface area contributed by atoms with Crippen LogP contribution in [-0.2, 0) is 4.79 Å². The zero-order valence-electron chi connectivity index (χ0n) is 22.6. The van der Waals surface area contributed by atoms with Gasteiger partial charge in [0, 0.05) is 5.69 Å². The number of carbonyl (C=O) groups excluding carboxylic acids is 1. The highest BCUT2D eigenvalue weighted by Crippen LogP contribution is 2.32. The van der Waals surface area contributed by atoms with E-state index in [1.807, 2.05) is 93.6 Å². The summed E-state index contributed by atoms with van der Waals surface area (Å²) in [4.78, 5) is 33.0. The Balaban J connectivity index is 1.64. The van der Waals surface area contributed by atoms with Crippen molar-refractivity contribution in [2.45, 2.75) is 26.8 Å². The third-order valence-corrected chi connectivity index (χ3v) is 9.00. The molecule has 1 N–H and O–H groups in total. The number of hydrogen-bond donors (Lipinski definition) is 1. The molecule has 0 radical (unpaired) electrons. The van der Waals surface area contributed by atoms with Gasteiger partial charge in [-0.05, 0) is 120 Å². The summed E-state index contributed by atoms with van der Waals surface area (Å²) in [5, 5.41) is 2.98. The van der Waals surface area contributed by atoms with E-state index in [-0.39, 0.29) is 11.5 Å². The highest BCUT2D eigenvalue weighted by molar-refractivity contribution is 14.1. The number of thiazole rings is 1. The number of para-hydroxylation sites is 1. The fourth-order valence-corrected chi connectivity index (χ4v) is 7.83.